The number of carbonyl (C=O) groups is 1. The third-order valence-electron chi connectivity index (χ3n) is 4.49. The lowest BCUT2D eigenvalue weighted by Crippen LogP contribution is -2.15. The minimum absolute atomic E-state index is 0.0963. The molecule has 1 aliphatic rings. The molecule has 5 nitrogen and oxygen atoms in total. The molecule has 1 amide bonds. The van der Waals surface area contributed by atoms with Gasteiger partial charge < -0.3 is 5.32 Å². The van der Waals surface area contributed by atoms with Crippen LogP contribution in [0, 0.1) is 6.92 Å². The van der Waals surface area contributed by atoms with Crippen molar-refractivity contribution < 1.29 is 4.79 Å². The predicted molar refractivity (Wildman–Crippen MR) is 109 cm³/mol. The number of carbonyl (C=O) groups excluding carboxylic acids is 1. The van der Waals surface area contributed by atoms with Crippen molar-refractivity contribution in [2.75, 3.05) is 11.1 Å². The first-order valence-electron chi connectivity index (χ1n) is 8.82. The summed E-state index contributed by atoms with van der Waals surface area (Å²) in [5, 5.41) is 13.0. The molecule has 4 rings (SSSR count). The highest BCUT2D eigenvalue weighted by Gasteiger charge is 2.31. The average Bonchev–Trinajstić information content (AvgIpc) is 3.44. The van der Waals surface area contributed by atoms with Crippen LogP contribution in [0.4, 0.5) is 5.69 Å². The van der Waals surface area contributed by atoms with Crippen LogP contribution in [0.1, 0.15) is 30.1 Å². The van der Waals surface area contributed by atoms with Crippen molar-refractivity contribution in [1.29, 1.82) is 0 Å². The molecule has 1 aromatic heterocycles. The van der Waals surface area contributed by atoms with Crippen molar-refractivity contribution in [3.05, 3.63) is 64.9 Å². The Bertz CT molecular complexity index is 969. The monoisotopic (exact) mass is 398 g/mol. The van der Waals surface area contributed by atoms with E-state index in [9.17, 15) is 4.79 Å². The van der Waals surface area contributed by atoms with E-state index in [-0.39, 0.29) is 11.7 Å². The van der Waals surface area contributed by atoms with Gasteiger partial charge in [0, 0.05) is 22.3 Å². The number of amides is 1. The van der Waals surface area contributed by atoms with E-state index in [1.54, 1.807) is 0 Å². The van der Waals surface area contributed by atoms with Crippen LogP contribution in [-0.2, 0) is 4.79 Å². The molecule has 1 heterocycles. The van der Waals surface area contributed by atoms with Crippen molar-refractivity contribution in [3.63, 3.8) is 0 Å². The molecule has 7 heteroatoms. The summed E-state index contributed by atoms with van der Waals surface area (Å²) in [4.78, 5) is 12.4. The van der Waals surface area contributed by atoms with Crippen LogP contribution in [0.25, 0.3) is 5.69 Å². The van der Waals surface area contributed by atoms with Gasteiger partial charge >= 0.3 is 0 Å². The number of nitrogens with one attached hydrogen (secondary N) is 1. The van der Waals surface area contributed by atoms with Crippen molar-refractivity contribution in [2.45, 2.75) is 30.8 Å². The Morgan fingerprint density at radius 1 is 1.19 bits per heavy atom. The maximum Gasteiger partial charge on any atom is 0.234 e. The first kappa shape index (κ1) is 18.1. The van der Waals surface area contributed by atoms with Crippen LogP contribution in [0.15, 0.2) is 53.7 Å². The van der Waals surface area contributed by atoms with Crippen LogP contribution >= 0.6 is 23.4 Å². The molecule has 0 saturated heterocycles. The Hall–Kier alpha value is -2.31. The van der Waals surface area contributed by atoms with Crippen LogP contribution < -0.4 is 5.32 Å². The molecule has 0 atom stereocenters. The van der Waals surface area contributed by atoms with Gasteiger partial charge in [0.15, 0.2) is 5.16 Å². The number of anilines is 1. The zero-order valence-electron chi connectivity index (χ0n) is 14.9. The Morgan fingerprint density at radius 3 is 2.70 bits per heavy atom. The lowest BCUT2D eigenvalue weighted by atomic mass is 10.2. The molecule has 1 saturated carbocycles. The number of rotatable bonds is 6. The zero-order valence-corrected chi connectivity index (χ0v) is 16.4. The molecule has 0 radical (unpaired) electrons. The summed E-state index contributed by atoms with van der Waals surface area (Å²) < 4.78 is 2.07. The minimum atomic E-state index is -0.0963. The van der Waals surface area contributed by atoms with E-state index in [1.807, 2.05) is 55.5 Å². The molecule has 2 aromatic carbocycles. The van der Waals surface area contributed by atoms with Crippen LogP contribution in [-0.4, -0.2) is 26.4 Å². The number of benzene rings is 2. The summed E-state index contributed by atoms with van der Waals surface area (Å²) in [6.07, 6.45) is 2.29. The number of aromatic nitrogens is 3. The molecule has 1 fully saturated rings. The van der Waals surface area contributed by atoms with E-state index < -0.39 is 0 Å². The predicted octanol–water partition coefficient (Wildman–Crippen LogP) is 4.84. The topological polar surface area (TPSA) is 59.8 Å². The van der Waals surface area contributed by atoms with Crippen LogP contribution in [0.3, 0.4) is 0 Å². The summed E-state index contributed by atoms with van der Waals surface area (Å²) >= 11 is 7.51. The van der Waals surface area contributed by atoms with Gasteiger partial charge in [0.05, 0.1) is 5.75 Å². The first-order valence-corrected chi connectivity index (χ1v) is 10.2. The van der Waals surface area contributed by atoms with Crippen molar-refractivity contribution in [2.24, 2.45) is 0 Å². The standard InChI is InChI=1S/C20H19ClN4OS/c1-13-16(21)8-5-9-17(13)22-18(26)12-27-20-24-23-19(14-10-11-14)25(20)15-6-3-2-4-7-15/h2-9,14H,10-12H2,1H3,(H,22,26). The van der Waals surface area contributed by atoms with Gasteiger partial charge in [0.1, 0.15) is 5.82 Å². The van der Waals surface area contributed by atoms with E-state index in [1.165, 1.54) is 11.8 Å². The largest absolute Gasteiger partial charge is 0.325 e. The Kier molecular flexibility index (Phi) is 5.18. The molecule has 0 unspecified atom stereocenters. The van der Waals surface area contributed by atoms with Crippen LogP contribution in [0.5, 0.6) is 0 Å². The average molecular weight is 399 g/mol. The third kappa shape index (κ3) is 4.01. The Labute approximate surface area is 167 Å². The first-order chi connectivity index (χ1) is 13.1. The zero-order chi connectivity index (χ0) is 18.8. The summed E-state index contributed by atoms with van der Waals surface area (Å²) in [5.41, 5.74) is 2.62. The van der Waals surface area contributed by atoms with Gasteiger partial charge in [-0.25, -0.2) is 0 Å². The number of halogens is 1. The summed E-state index contributed by atoms with van der Waals surface area (Å²) in [7, 11) is 0. The highest BCUT2D eigenvalue weighted by molar-refractivity contribution is 7.99. The lowest BCUT2D eigenvalue weighted by Gasteiger charge is -2.11. The molecule has 0 spiro atoms. The van der Waals surface area contributed by atoms with Gasteiger partial charge in [-0.2, -0.15) is 0 Å². The highest BCUT2D eigenvalue weighted by atomic mass is 35.5. The van der Waals surface area contributed by atoms with Crippen LogP contribution in [0.2, 0.25) is 5.02 Å². The fraction of sp³-hybridized carbons (Fsp3) is 0.250. The molecule has 0 bridgehead atoms. The lowest BCUT2D eigenvalue weighted by molar-refractivity contribution is -0.113. The molecule has 1 N–H and O–H groups in total. The van der Waals surface area contributed by atoms with Gasteiger partial charge in [0.25, 0.3) is 0 Å². The van der Waals surface area contributed by atoms with E-state index >= 15 is 0 Å². The number of hydrogen-bond acceptors (Lipinski definition) is 4. The number of nitrogens with zero attached hydrogens (tertiary/aromatic N) is 3. The Balaban J connectivity index is 1.50. The second kappa shape index (κ2) is 7.74. The van der Waals surface area contributed by atoms with Gasteiger partial charge in [-0.3, -0.25) is 9.36 Å². The van der Waals surface area contributed by atoms with Crippen molar-refractivity contribution in [3.8, 4) is 5.69 Å². The minimum Gasteiger partial charge on any atom is -0.325 e. The second-order valence-corrected chi connectivity index (χ2v) is 7.88. The summed E-state index contributed by atoms with van der Waals surface area (Å²) in [6.45, 7) is 1.89. The Morgan fingerprint density at radius 2 is 1.96 bits per heavy atom. The van der Waals surface area contributed by atoms with E-state index in [2.05, 4.69) is 20.1 Å². The van der Waals surface area contributed by atoms with Gasteiger partial charge in [-0.15, -0.1) is 10.2 Å². The van der Waals surface area contributed by atoms with E-state index in [4.69, 9.17) is 11.6 Å². The fourth-order valence-corrected chi connectivity index (χ4v) is 3.79. The maximum atomic E-state index is 12.4. The molecule has 0 aliphatic heterocycles. The third-order valence-corrected chi connectivity index (χ3v) is 5.83. The summed E-state index contributed by atoms with van der Waals surface area (Å²) in [6, 6.07) is 15.5. The van der Waals surface area contributed by atoms with E-state index in [0.29, 0.717) is 10.9 Å². The SMILES string of the molecule is Cc1c(Cl)cccc1NC(=O)CSc1nnc(C2CC2)n1-c1ccccc1. The molecule has 1 aliphatic carbocycles. The quantitative estimate of drug-likeness (QED) is 0.603. The summed E-state index contributed by atoms with van der Waals surface area (Å²) in [5.74, 6) is 1.60. The molecule has 138 valence electrons. The molecule has 27 heavy (non-hydrogen) atoms. The van der Waals surface area contributed by atoms with Gasteiger partial charge in [0.2, 0.25) is 5.91 Å². The van der Waals surface area contributed by atoms with Crippen molar-refractivity contribution >= 4 is 35.0 Å². The van der Waals surface area contributed by atoms with Crippen molar-refractivity contribution in [1.82, 2.24) is 14.8 Å². The highest BCUT2D eigenvalue weighted by Crippen LogP contribution is 2.41. The van der Waals surface area contributed by atoms with Gasteiger partial charge in [-0.05, 0) is 49.6 Å². The molecular formula is C20H19ClN4OS. The maximum absolute atomic E-state index is 12.4. The van der Waals surface area contributed by atoms with E-state index in [0.717, 1.165) is 40.8 Å². The molecule has 3 aromatic rings. The normalized spacial score (nSPS) is 13.6. The van der Waals surface area contributed by atoms with Gasteiger partial charge in [-0.1, -0.05) is 47.6 Å². The second-order valence-electron chi connectivity index (χ2n) is 6.54. The fourth-order valence-electron chi connectivity index (χ4n) is 2.86. The smallest absolute Gasteiger partial charge is 0.234 e. The number of hydrogen-bond donors (Lipinski definition) is 1. The number of para-hydroxylation sites is 1. The number of thioether (sulfide) groups is 1. The molecular weight excluding hydrogens is 380 g/mol.